The van der Waals surface area contributed by atoms with Gasteiger partial charge in [-0.1, -0.05) is 17.7 Å². The van der Waals surface area contributed by atoms with Crippen LogP contribution >= 0.6 is 11.6 Å². The van der Waals surface area contributed by atoms with Crippen molar-refractivity contribution in [2.75, 3.05) is 31.7 Å². The molecule has 2 aromatic carbocycles. The van der Waals surface area contributed by atoms with Gasteiger partial charge in [-0.15, -0.1) is 0 Å². The van der Waals surface area contributed by atoms with Crippen LogP contribution in [0.3, 0.4) is 0 Å². The summed E-state index contributed by atoms with van der Waals surface area (Å²) in [6.07, 6.45) is 6.29. The van der Waals surface area contributed by atoms with Gasteiger partial charge in [0.05, 0.1) is 48.2 Å². The number of imidazole rings is 1. The van der Waals surface area contributed by atoms with Crippen molar-refractivity contribution in [2.45, 2.75) is 69.7 Å². The third-order valence-corrected chi connectivity index (χ3v) is 9.89. The molecule has 2 aliphatic carbocycles. The van der Waals surface area contributed by atoms with Crippen LogP contribution < -0.4 is 19.1 Å². The van der Waals surface area contributed by atoms with Crippen LogP contribution in [-0.2, 0) is 23.6 Å². The van der Waals surface area contributed by atoms with Gasteiger partial charge in [-0.2, -0.15) is 0 Å². The predicted molar refractivity (Wildman–Crippen MR) is 171 cm³/mol. The number of carbonyl (C=O) groups is 1. The van der Waals surface area contributed by atoms with Gasteiger partial charge in [0.25, 0.3) is 5.79 Å². The van der Waals surface area contributed by atoms with Crippen LogP contribution in [0.4, 0.5) is 5.69 Å². The van der Waals surface area contributed by atoms with E-state index < -0.39 is 11.8 Å². The molecule has 2 aromatic heterocycles. The van der Waals surface area contributed by atoms with E-state index in [0.717, 1.165) is 61.6 Å². The van der Waals surface area contributed by atoms with Crippen LogP contribution in [0.1, 0.15) is 54.5 Å². The van der Waals surface area contributed by atoms with Crippen LogP contribution in [0.15, 0.2) is 48.7 Å². The van der Waals surface area contributed by atoms with Crippen LogP contribution in [0, 0.1) is 0 Å². The minimum atomic E-state index is -1.05. The van der Waals surface area contributed by atoms with Gasteiger partial charge < -0.3 is 33.5 Å². The number of fused-ring (bicyclic) bond motifs is 3. The average Bonchev–Trinajstić information content (AvgIpc) is 3.69. The molecule has 11 nitrogen and oxygen atoms in total. The fraction of sp³-hybridized carbons (Fsp3) is 0.441. The summed E-state index contributed by atoms with van der Waals surface area (Å²) >= 11 is 6.08. The Hall–Kier alpha value is -4.06. The lowest BCUT2D eigenvalue weighted by Crippen LogP contribution is -2.64. The highest BCUT2D eigenvalue weighted by atomic mass is 35.5. The highest BCUT2D eigenvalue weighted by Crippen LogP contribution is 2.51. The van der Waals surface area contributed by atoms with E-state index in [1.807, 2.05) is 25.1 Å². The normalized spacial score (nSPS) is 23.8. The molecule has 0 bridgehead atoms. The third-order valence-electron chi connectivity index (χ3n) is 9.66. The molecule has 3 atom stereocenters. The summed E-state index contributed by atoms with van der Waals surface area (Å²) in [5, 5.41) is 10.3. The maximum Gasteiger partial charge on any atom is 0.335 e. The number of hydrogen-bond acceptors (Lipinski definition) is 9. The molecule has 8 rings (SSSR count). The number of benzene rings is 2. The van der Waals surface area contributed by atoms with E-state index in [2.05, 4.69) is 25.4 Å². The van der Waals surface area contributed by atoms with Gasteiger partial charge in [0.15, 0.2) is 11.5 Å². The van der Waals surface area contributed by atoms with Crippen molar-refractivity contribution in [3.8, 4) is 17.2 Å². The first-order valence-electron chi connectivity index (χ1n) is 15.9. The molecule has 1 N–H and O–H groups in total. The molecule has 0 unspecified atom stereocenters. The Bertz CT molecular complexity index is 1810. The van der Waals surface area contributed by atoms with Crippen LogP contribution in [0.2, 0.25) is 5.02 Å². The number of carboxylic acids is 1. The number of rotatable bonds is 10. The number of aromatic carboxylic acids is 1. The molecule has 3 fully saturated rings. The Morgan fingerprint density at radius 3 is 2.67 bits per heavy atom. The maximum absolute atomic E-state index is 11.9. The number of ether oxygens (including phenoxy) is 4. The van der Waals surface area contributed by atoms with Crippen molar-refractivity contribution in [2.24, 2.45) is 0 Å². The van der Waals surface area contributed by atoms with Gasteiger partial charge in [0.2, 0.25) is 0 Å². The van der Waals surface area contributed by atoms with E-state index in [1.165, 1.54) is 0 Å². The third kappa shape index (κ3) is 5.10. The van der Waals surface area contributed by atoms with E-state index in [9.17, 15) is 9.90 Å². The lowest BCUT2D eigenvalue weighted by molar-refractivity contribution is -0.0717. The first-order chi connectivity index (χ1) is 22.3. The second-order valence-electron chi connectivity index (χ2n) is 12.6. The van der Waals surface area contributed by atoms with Crippen LogP contribution in [0.5, 0.6) is 17.2 Å². The molecule has 0 amide bonds. The number of pyridine rings is 1. The first-order valence-corrected chi connectivity index (χ1v) is 16.2. The van der Waals surface area contributed by atoms with Crippen LogP contribution in [0.25, 0.3) is 11.0 Å². The standard InChI is InChI=1S/C34H36ClN5O6/c1-34(29-11-6-21(35)18-36-29)45-27-5-3-4-25(32(27)46-34)39-13-12-38(23-9-10-24(23)39)19-30-37-31-26(40(30)14-15-44-22-7-8-22)16-20(33(41)42)17-28(31)43-2/h3-6,11,16-18,22-24H,7-10,12-15,19H2,1-2H3,(H,41,42)/t23-,24-,34+/m1/s1. The number of aromatic nitrogens is 3. The smallest absolute Gasteiger partial charge is 0.335 e. The van der Waals surface area contributed by atoms with Crippen molar-refractivity contribution >= 4 is 34.3 Å². The van der Waals surface area contributed by atoms with Gasteiger partial charge in [-0.25, -0.2) is 9.78 Å². The molecule has 2 saturated carbocycles. The quantitative estimate of drug-likeness (QED) is 0.238. The summed E-state index contributed by atoms with van der Waals surface area (Å²) in [7, 11) is 1.55. The fourth-order valence-corrected chi connectivity index (χ4v) is 7.13. The van der Waals surface area contributed by atoms with Crippen molar-refractivity contribution in [3.63, 3.8) is 0 Å². The van der Waals surface area contributed by atoms with Gasteiger partial charge >= 0.3 is 5.97 Å². The Labute approximate surface area is 271 Å². The highest BCUT2D eigenvalue weighted by Gasteiger charge is 2.47. The molecule has 4 aromatic rings. The van der Waals surface area contributed by atoms with E-state index in [4.69, 9.17) is 35.5 Å². The zero-order valence-corrected chi connectivity index (χ0v) is 26.6. The molecule has 240 valence electrons. The molecule has 0 spiro atoms. The molecular weight excluding hydrogens is 610 g/mol. The summed E-state index contributed by atoms with van der Waals surface area (Å²) in [6, 6.07) is 13.6. The molecule has 1 saturated heterocycles. The second-order valence-corrected chi connectivity index (χ2v) is 13.0. The first kappa shape index (κ1) is 29.3. The van der Waals surface area contributed by atoms with Crippen molar-refractivity contribution < 1.29 is 28.8 Å². The van der Waals surface area contributed by atoms with Crippen LogP contribution in [-0.4, -0.2) is 75.5 Å². The Morgan fingerprint density at radius 1 is 1.11 bits per heavy atom. The molecule has 2 aliphatic heterocycles. The van der Waals surface area contributed by atoms with E-state index in [1.54, 1.807) is 31.5 Å². The van der Waals surface area contributed by atoms with E-state index >= 15 is 0 Å². The Morgan fingerprint density at radius 2 is 1.96 bits per heavy atom. The summed E-state index contributed by atoms with van der Waals surface area (Å²) in [6.45, 7) is 5.32. The molecule has 12 heteroatoms. The number of carboxylic acid groups (broad SMARTS) is 1. The Balaban J connectivity index is 1.05. The lowest BCUT2D eigenvalue weighted by Gasteiger charge is -2.54. The zero-order valence-electron chi connectivity index (χ0n) is 25.8. The molecular formula is C34H36ClN5O6. The van der Waals surface area contributed by atoms with E-state index in [-0.39, 0.29) is 5.56 Å². The second kappa shape index (κ2) is 11.3. The van der Waals surface area contributed by atoms with E-state index in [0.29, 0.717) is 65.6 Å². The van der Waals surface area contributed by atoms with Crippen molar-refractivity contribution in [3.05, 3.63) is 70.8 Å². The average molecular weight is 646 g/mol. The molecule has 0 radical (unpaired) electrons. The minimum Gasteiger partial charge on any atom is -0.494 e. The number of piperazine rings is 1. The fourth-order valence-electron chi connectivity index (χ4n) is 7.02. The zero-order chi connectivity index (χ0) is 31.6. The van der Waals surface area contributed by atoms with Crippen molar-refractivity contribution in [1.29, 1.82) is 0 Å². The lowest BCUT2D eigenvalue weighted by atomic mass is 9.81. The Kier molecular flexibility index (Phi) is 7.23. The number of anilines is 1. The number of methoxy groups -OCH3 is 1. The topological polar surface area (TPSA) is 111 Å². The van der Waals surface area contributed by atoms with Crippen molar-refractivity contribution in [1.82, 2.24) is 19.4 Å². The molecule has 4 heterocycles. The minimum absolute atomic E-state index is 0.178. The number of halogens is 1. The summed E-state index contributed by atoms with van der Waals surface area (Å²) in [5.74, 6) is 0.742. The maximum atomic E-state index is 11.9. The summed E-state index contributed by atoms with van der Waals surface area (Å²) in [5.41, 5.74) is 3.29. The monoisotopic (exact) mass is 645 g/mol. The van der Waals surface area contributed by atoms with Gasteiger partial charge in [-0.05, 0) is 62.1 Å². The highest BCUT2D eigenvalue weighted by molar-refractivity contribution is 6.30. The summed E-state index contributed by atoms with van der Waals surface area (Å²) in [4.78, 5) is 26.4. The molecule has 46 heavy (non-hydrogen) atoms. The molecule has 4 aliphatic rings. The summed E-state index contributed by atoms with van der Waals surface area (Å²) < 4.78 is 26.6. The van der Waals surface area contributed by atoms with Gasteiger partial charge in [0.1, 0.15) is 22.8 Å². The SMILES string of the molecule is COc1cc(C(=O)O)cc2c1nc(CN1CCN(c3cccc4c3O[C@@](C)(c3ccc(Cl)cn3)O4)[C@@H]3CC[C@H]31)n2CCOC1CC1. The van der Waals surface area contributed by atoms with Gasteiger partial charge in [-0.3, -0.25) is 9.88 Å². The number of hydrogen-bond donors (Lipinski definition) is 1. The predicted octanol–water partition coefficient (Wildman–Crippen LogP) is 5.47. The largest absolute Gasteiger partial charge is 0.494 e. The number of nitrogens with zero attached hydrogens (tertiary/aromatic N) is 5. The van der Waals surface area contributed by atoms with Gasteiger partial charge in [0, 0.05) is 44.8 Å². The number of para-hydroxylation sites is 1.